The van der Waals surface area contributed by atoms with Crippen LogP contribution in [0.2, 0.25) is 0 Å². The number of aromatic hydroxyl groups is 1. The zero-order valence-corrected chi connectivity index (χ0v) is 23.0. The predicted octanol–water partition coefficient (Wildman–Crippen LogP) is 2.10. The number of ketones is 2. The van der Waals surface area contributed by atoms with Crippen LogP contribution in [0.3, 0.4) is 0 Å². The number of imidazole rings is 1. The number of Topliss-reactive ketones (excluding diaryl/α,β-unsaturated/α-hetero) is 2. The van der Waals surface area contributed by atoms with Crippen LogP contribution in [-0.4, -0.2) is 71.8 Å². The largest absolute Gasteiger partial charge is 0.508 e. The molecule has 13 nitrogen and oxygen atoms in total. The number of amides is 1. The first kappa shape index (κ1) is 28.0. The van der Waals surface area contributed by atoms with Gasteiger partial charge in [-0.25, -0.2) is 4.98 Å². The summed E-state index contributed by atoms with van der Waals surface area (Å²) in [4.78, 5) is 45.6. The minimum Gasteiger partial charge on any atom is -0.508 e. The van der Waals surface area contributed by atoms with Gasteiger partial charge in [-0.05, 0) is 47.4 Å². The second-order valence-corrected chi connectivity index (χ2v) is 10.9. The zero-order chi connectivity index (χ0) is 31.0. The zero-order valence-electron chi connectivity index (χ0n) is 23.0. The number of ether oxygens (including phenoxy) is 1. The Bertz CT molecular complexity index is 1770. The average molecular weight is 589 g/mol. The van der Waals surface area contributed by atoms with E-state index in [9.17, 15) is 39.9 Å². The Labute approximate surface area is 244 Å². The third kappa shape index (κ3) is 3.92. The van der Waals surface area contributed by atoms with E-state index < -0.39 is 81.8 Å². The highest BCUT2D eigenvalue weighted by Gasteiger charge is 2.64. The number of hydrogen-bond donors (Lipinski definition) is 8. The van der Waals surface area contributed by atoms with E-state index in [1.165, 1.54) is 0 Å². The summed E-state index contributed by atoms with van der Waals surface area (Å²) in [5.41, 5.74) is 2.81. The van der Waals surface area contributed by atoms with Gasteiger partial charge in [-0.15, -0.1) is 0 Å². The van der Waals surface area contributed by atoms with E-state index in [0.29, 0.717) is 17.0 Å². The molecule has 0 aliphatic heterocycles. The van der Waals surface area contributed by atoms with Crippen molar-refractivity contribution >= 4 is 34.9 Å². The smallest absolute Gasteiger partial charge is 0.255 e. The Balaban J connectivity index is 1.41. The number of nitrogens with one attached hydrogen (secondary N) is 2. The summed E-state index contributed by atoms with van der Waals surface area (Å²) in [6, 6.07) is 10.4. The van der Waals surface area contributed by atoms with E-state index in [0.717, 1.165) is 5.56 Å². The molecule has 6 rings (SSSR count). The minimum atomic E-state index is -2.90. The van der Waals surface area contributed by atoms with Gasteiger partial charge in [0.2, 0.25) is 11.7 Å². The quantitative estimate of drug-likeness (QED) is 0.159. The lowest BCUT2D eigenvalue weighted by Gasteiger charge is -2.50. The number of aromatic nitrogens is 2. The summed E-state index contributed by atoms with van der Waals surface area (Å²) in [7, 11) is 1.57. The van der Waals surface area contributed by atoms with Crippen molar-refractivity contribution in [3.63, 3.8) is 0 Å². The molecule has 43 heavy (non-hydrogen) atoms. The van der Waals surface area contributed by atoms with Crippen molar-refractivity contribution in [1.29, 1.82) is 0 Å². The number of carbonyl (C=O) groups is 3. The van der Waals surface area contributed by atoms with Crippen LogP contribution < -0.4 is 15.8 Å². The molecule has 0 saturated heterocycles. The van der Waals surface area contributed by atoms with Crippen LogP contribution >= 0.6 is 0 Å². The van der Waals surface area contributed by atoms with Crippen molar-refractivity contribution in [3.05, 3.63) is 70.6 Å². The third-order valence-corrected chi connectivity index (χ3v) is 8.73. The van der Waals surface area contributed by atoms with Crippen LogP contribution in [0.25, 0.3) is 17.0 Å². The molecule has 3 aliphatic rings. The van der Waals surface area contributed by atoms with E-state index in [1.54, 1.807) is 44.5 Å². The SMILES string of the molecule is COc1ccc(-c2cnc(Nc3ccc4c(c3O)C(O)=C3C(=O)[C@]5(O)C(O)=C(C(N)=O)C(=O)C[C@@H]5[C@@H](O)[C@@H]3[C@H]4C)[nH]2)cc1. The number of phenolic OH excluding ortho intramolecular Hbond substituents is 1. The number of nitrogens with two attached hydrogens (primary N) is 1. The molecule has 1 fully saturated rings. The lowest BCUT2D eigenvalue weighted by Crippen LogP contribution is -2.63. The second-order valence-electron chi connectivity index (χ2n) is 10.9. The first-order valence-corrected chi connectivity index (χ1v) is 13.4. The number of aliphatic hydroxyl groups is 4. The molecule has 0 bridgehead atoms. The number of aliphatic hydroxyl groups excluding tert-OH is 3. The number of phenols is 1. The van der Waals surface area contributed by atoms with Gasteiger partial charge in [-0.2, -0.15) is 0 Å². The maximum atomic E-state index is 13.8. The highest BCUT2D eigenvalue weighted by molar-refractivity contribution is 6.23. The standard InChI is InChI=1S/C30H28N4O9/c1-11-14-7-8-16(33-29-32-10-17(34-29)12-3-5-13(43-2)6-4-12)24(37)20(14)25(38)22-19(11)23(36)15-9-18(35)21(28(31)41)26(39)30(15,42)27(22)40/h3-8,10-11,15,19,23,36-39,42H,9H2,1-2H3,(H2,31,41)(H2,32,33,34)/t11-,15+,19+,23+,30+/m0/s1. The van der Waals surface area contributed by atoms with Gasteiger partial charge in [0, 0.05) is 23.8 Å². The number of benzene rings is 2. The van der Waals surface area contributed by atoms with Crippen molar-refractivity contribution in [2.24, 2.45) is 17.6 Å². The van der Waals surface area contributed by atoms with Crippen LogP contribution in [0.15, 0.2) is 59.5 Å². The molecule has 1 aromatic heterocycles. The number of primary amides is 1. The maximum Gasteiger partial charge on any atom is 0.255 e. The summed E-state index contributed by atoms with van der Waals surface area (Å²) in [5, 5.41) is 59.2. The molecular formula is C30H28N4O9. The van der Waals surface area contributed by atoms with E-state index in [2.05, 4.69) is 15.3 Å². The molecule has 1 heterocycles. The molecule has 3 aliphatic carbocycles. The maximum absolute atomic E-state index is 13.8. The number of nitrogens with zero attached hydrogens (tertiary/aromatic N) is 1. The Morgan fingerprint density at radius 2 is 1.84 bits per heavy atom. The first-order chi connectivity index (χ1) is 20.4. The summed E-state index contributed by atoms with van der Waals surface area (Å²) < 4.78 is 5.18. The molecule has 0 radical (unpaired) electrons. The normalized spacial score (nSPS) is 26.5. The van der Waals surface area contributed by atoms with Crippen LogP contribution in [-0.2, 0) is 14.4 Å². The van der Waals surface area contributed by atoms with E-state index in [-0.39, 0.29) is 17.2 Å². The van der Waals surface area contributed by atoms with Crippen molar-refractivity contribution in [2.75, 3.05) is 12.4 Å². The lowest BCUT2D eigenvalue weighted by atomic mass is 9.55. The van der Waals surface area contributed by atoms with Crippen molar-refractivity contribution in [3.8, 4) is 22.8 Å². The molecule has 5 atom stereocenters. The summed E-state index contributed by atoms with van der Waals surface area (Å²) in [6.45, 7) is 1.66. The number of hydrogen-bond acceptors (Lipinski definition) is 11. The van der Waals surface area contributed by atoms with Crippen LogP contribution in [0.4, 0.5) is 11.6 Å². The molecule has 9 N–H and O–H groups in total. The molecule has 222 valence electrons. The number of carbonyl (C=O) groups excluding carboxylic acids is 3. The molecule has 3 aromatic rings. The fraction of sp³-hybridized carbons (Fsp3) is 0.267. The number of anilines is 2. The molecule has 0 unspecified atom stereocenters. The highest BCUT2D eigenvalue weighted by atomic mass is 16.5. The van der Waals surface area contributed by atoms with Gasteiger partial charge < -0.3 is 46.3 Å². The number of aromatic amines is 1. The number of fused-ring (bicyclic) bond motifs is 3. The monoisotopic (exact) mass is 588 g/mol. The topological polar surface area (TPSA) is 228 Å². The van der Waals surface area contributed by atoms with E-state index in [4.69, 9.17) is 10.5 Å². The van der Waals surface area contributed by atoms with Gasteiger partial charge in [0.15, 0.2) is 11.4 Å². The van der Waals surface area contributed by atoms with Gasteiger partial charge in [-0.1, -0.05) is 13.0 Å². The second kappa shape index (κ2) is 9.71. The molecule has 0 spiro atoms. The van der Waals surface area contributed by atoms with Crippen LogP contribution in [0, 0.1) is 11.8 Å². The lowest BCUT2D eigenvalue weighted by molar-refractivity contribution is -0.160. The third-order valence-electron chi connectivity index (χ3n) is 8.73. The average Bonchev–Trinajstić information content (AvgIpc) is 3.44. The van der Waals surface area contributed by atoms with Crippen molar-refractivity contribution in [2.45, 2.75) is 31.0 Å². The fourth-order valence-electron chi connectivity index (χ4n) is 6.53. The van der Waals surface area contributed by atoms with Crippen LogP contribution in [0.5, 0.6) is 11.5 Å². The highest BCUT2D eigenvalue weighted by Crippen LogP contribution is 2.56. The summed E-state index contributed by atoms with van der Waals surface area (Å²) >= 11 is 0. The molecular weight excluding hydrogens is 560 g/mol. The molecule has 13 heteroatoms. The number of methoxy groups -OCH3 is 1. The summed E-state index contributed by atoms with van der Waals surface area (Å²) in [5.74, 6) is -8.26. The van der Waals surface area contributed by atoms with E-state index in [1.807, 2.05) is 12.1 Å². The molecule has 1 saturated carbocycles. The van der Waals surface area contributed by atoms with E-state index >= 15 is 0 Å². The Hall–Kier alpha value is -5.14. The molecule has 1 amide bonds. The number of rotatable bonds is 5. The van der Waals surface area contributed by atoms with Crippen molar-refractivity contribution < 1.29 is 44.7 Å². The Morgan fingerprint density at radius 1 is 1.14 bits per heavy atom. The van der Waals surface area contributed by atoms with Gasteiger partial charge in [0.1, 0.15) is 28.6 Å². The van der Waals surface area contributed by atoms with Gasteiger partial charge in [-0.3, -0.25) is 14.4 Å². The predicted molar refractivity (Wildman–Crippen MR) is 151 cm³/mol. The van der Waals surface area contributed by atoms with Gasteiger partial charge in [0.25, 0.3) is 5.91 Å². The first-order valence-electron chi connectivity index (χ1n) is 13.4. The molecule has 2 aromatic carbocycles. The van der Waals surface area contributed by atoms with Gasteiger partial charge in [0.05, 0.1) is 36.4 Å². The van der Waals surface area contributed by atoms with Crippen LogP contribution in [0.1, 0.15) is 30.4 Å². The number of H-pyrrole nitrogens is 1. The Morgan fingerprint density at radius 3 is 2.49 bits per heavy atom. The van der Waals surface area contributed by atoms with Gasteiger partial charge >= 0.3 is 0 Å². The Kier molecular flexibility index (Phi) is 6.32. The fourth-order valence-corrected chi connectivity index (χ4v) is 6.53. The summed E-state index contributed by atoms with van der Waals surface area (Å²) in [6.07, 6.45) is -0.644. The minimum absolute atomic E-state index is 0.120. The van der Waals surface area contributed by atoms with Crippen molar-refractivity contribution in [1.82, 2.24) is 9.97 Å².